The smallest absolute Gasteiger partial charge is 0.230 e. The van der Waals surface area contributed by atoms with Gasteiger partial charge >= 0.3 is 0 Å². The van der Waals surface area contributed by atoms with Gasteiger partial charge in [0, 0.05) is 5.54 Å². The van der Waals surface area contributed by atoms with E-state index in [1.165, 1.54) is 11.8 Å². The molecular formula is C15H21N5O2S. The highest BCUT2D eigenvalue weighted by Gasteiger charge is 2.19. The molecule has 8 heteroatoms. The average Bonchev–Trinajstić information content (AvgIpc) is 3.00. The number of benzene rings is 1. The summed E-state index contributed by atoms with van der Waals surface area (Å²) in [4.78, 5) is 12.0. The summed E-state index contributed by atoms with van der Waals surface area (Å²) in [5.74, 6) is 0.869. The van der Waals surface area contributed by atoms with Gasteiger partial charge in [0.2, 0.25) is 11.1 Å². The lowest BCUT2D eigenvalue weighted by Gasteiger charge is -2.24. The van der Waals surface area contributed by atoms with Gasteiger partial charge in [0.25, 0.3) is 0 Å². The van der Waals surface area contributed by atoms with Crippen LogP contribution in [0.3, 0.4) is 0 Å². The zero-order chi connectivity index (χ0) is 16.9. The fourth-order valence-corrected chi connectivity index (χ4v) is 2.54. The second kappa shape index (κ2) is 7.45. The van der Waals surface area contributed by atoms with Crippen LogP contribution >= 0.6 is 11.8 Å². The highest BCUT2D eigenvalue weighted by atomic mass is 32.2. The molecule has 1 heterocycles. The lowest BCUT2D eigenvalue weighted by Crippen LogP contribution is -2.43. The highest BCUT2D eigenvalue weighted by Crippen LogP contribution is 2.25. The Kier molecular flexibility index (Phi) is 5.59. The lowest BCUT2D eigenvalue weighted by molar-refractivity contribution is -0.120. The molecule has 2 aromatic rings. The molecule has 0 aliphatic heterocycles. The van der Waals surface area contributed by atoms with E-state index >= 15 is 0 Å². The van der Waals surface area contributed by atoms with E-state index < -0.39 is 0 Å². The van der Waals surface area contributed by atoms with Crippen LogP contribution < -0.4 is 10.1 Å². The van der Waals surface area contributed by atoms with E-state index in [2.05, 4.69) is 20.8 Å². The van der Waals surface area contributed by atoms with Gasteiger partial charge in [-0.2, -0.15) is 4.68 Å². The third-order valence-corrected chi connectivity index (χ3v) is 4.37. The van der Waals surface area contributed by atoms with Gasteiger partial charge in [0.05, 0.1) is 12.9 Å². The highest BCUT2D eigenvalue weighted by molar-refractivity contribution is 7.99. The predicted octanol–water partition coefficient (Wildman–Crippen LogP) is 2.07. The average molecular weight is 335 g/mol. The van der Waals surface area contributed by atoms with Crippen LogP contribution in [-0.2, 0) is 4.79 Å². The molecule has 124 valence electrons. The molecule has 1 N–H and O–H groups in total. The molecule has 0 fully saturated rings. The first-order chi connectivity index (χ1) is 11.0. The molecule has 1 amide bonds. The molecule has 0 spiro atoms. The van der Waals surface area contributed by atoms with Crippen LogP contribution in [0.5, 0.6) is 5.75 Å². The molecular weight excluding hydrogens is 314 g/mol. The van der Waals surface area contributed by atoms with Gasteiger partial charge in [-0.3, -0.25) is 4.79 Å². The SMILES string of the molecule is CCC(C)(C)NC(=O)CSc1nnnn1-c1ccccc1OC. The summed E-state index contributed by atoms with van der Waals surface area (Å²) < 4.78 is 6.90. The summed E-state index contributed by atoms with van der Waals surface area (Å²) in [6, 6.07) is 7.45. The monoisotopic (exact) mass is 335 g/mol. The molecule has 23 heavy (non-hydrogen) atoms. The molecule has 1 aromatic carbocycles. The number of amides is 1. The Bertz CT molecular complexity index is 671. The molecule has 7 nitrogen and oxygen atoms in total. The predicted molar refractivity (Wildman–Crippen MR) is 88.9 cm³/mol. The Balaban J connectivity index is 2.09. The summed E-state index contributed by atoms with van der Waals surface area (Å²) in [5.41, 5.74) is 0.517. The molecule has 0 saturated heterocycles. The summed E-state index contributed by atoms with van der Waals surface area (Å²) in [7, 11) is 1.59. The fraction of sp³-hybridized carbons (Fsp3) is 0.467. The van der Waals surface area contributed by atoms with Gasteiger partial charge in [-0.25, -0.2) is 0 Å². The van der Waals surface area contributed by atoms with Gasteiger partial charge in [0.15, 0.2) is 0 Å². The minimum atomic E-state index is -0.216. The minimum Gasteiger partial charge on any atom is -0.494 e. The molecule has 0 aliphatic carbocycles. The van der Waals surface area contributed by atoms with Gasteiger partial charge in [-0.1, -0.05) is 30.8 Å². The Morgan fingerprint density at radius 3 is 2.83 bits per heavy atom. The maximum absolute atomic E-state index is 12.0. The van der Waals surface area contributed by atoms with Crippen LogP contribution in [0.2, 0.25) is 0 Å². The summed E-state index contributed by atoms with van der Waals surface area (Å²) in [5, 5.41) is 15.2. The number of thioether (sulfide) groups is 1. The Morgan fingerprint density at radius 2 is 2.13 bits per heavy atom. The zero-order valence-electron chi connectivity index (χ0n) is 13.7. The standard InChI is InChI=1S/C15H21N5O2S/c1-5-15(2,3)16-13(21)10-23-14-17-18-19-20(14)11-8-6-7-9-12(11)22-4/h6-9H,5,10H2,1-4H3,(H,16,21). The first-order valence-electron chi connectivity index (χ1n) is 7.32. The molecule has 0 saturated carbocycles. The Labute approximate surface area is 139 Å². The van der Waals surface area contributed by atoms with Crippen molar-refractivity contribution < 1.29 is 9.53 Å². The van der Waals surface area contributed by atoms with E-state index in [-0.39, 0.29) is 17.2 Å². The molecule has 0 unspecified atom stereocenters. The number of nitrogens with one attached hydrogen (secondary N) is 1. The van der Waals surface area contributed by atoms with Crippen LogP contribution in [0.1, 0.15) is 27.2 Å². The number of carbonyl (C=O) groups excluding carboxylic acids is 1. The van der Waals surface area contributed by atoms with Crippen LogP contribution in [0.15, 0.2) is 29.4 Å². The van der Waals surface area contributed by atoms with E-state index in [0.29, 0.717) is 10.9 Å². The van der Waals surface area contributed by atoms with Crippen molar-refractivity contribution in [2.75, 3.05) is 12.9 Å². The van der Waals surface area contributed by atoms with Gasteiger partial charge in [-0.15, -0.1) is 5.10 Å². The number of aromatic nitrogens is 4. The van der Waals surface area contributed by atoms with Crippen molar-refractivity contribution in [3.63, 3.8) is 0 Å². The summed E-state index contributed by atoms with van der Waals surface area (Å²) >= 11 is 1.29. The first kappa shape index (κ1) is 17.3. The summed E-state index contributed by atoms with van der Waals surface area (Å²) in [6.45, 7) is 6.03. The van der Waals surface area contributed by atoms with Crippen molar-refractivity contribution in [1.82, 2.24) is 25.5 Å². The zero-order valence-corrected chi connectivity index (χ0v) is 14.6. The van der Waals surface area contributed by atoms with E-state index in [4.69, 9.17) is 4.74 Å². The number of methoxy groups -OCH3 is 1. The second-order valence-electron chi connectivity index (χ2n) is 5.62. The summed E-state index contributed by atoms with van der Waals surface area (Å²) in [6.07, 6.45) is 0.863. The number of para-hydroxylation sites is 2. The minimum absolute atomic E-state index is 0.0450. The number of carbonyl (C=O) groups is 1. The molecule has 0 radical (unpaired) electrons. The van der Waals surface area contributed by atoms with Gasteiger partial charge < -0.3 is 10.1 Å². The number of hydrogen-bond acceptors (Lipinski definition) is 6. The molecule has 2 rings (SSSR count). The molecule has 0 bridgehead atoms. The maximum Gasteiger partial charge on any atom is 0.230 e. The van der Waals surface area contributed by atoms with E-state index in [1.807, 2.05) is 45.0 Å². The van der Waals surface area contributed by atoms with Crippen molar-refractivity contribution in [2.24, 2.45) is 0 Å². The molecule has 1 aromatic heterocycles. The van der Waals surface area contributed by atoms with Gasteiger partial charge in [-0.05, 0) is 42.8 Å². The Hall–Kier alpha value is -2.09. The number of ether oxygens (including phenoxy) is 1. The third-order valence-electron chi connectivity index (χ3n) is 3.45. The number of hydrogen-bond donors (Lipinski definition) is 1. The van der Waals surface area contributed by atoms with Crippen LogP contribution in [0.25, 0.3) is 5.69 Å². The van der Waals surface area contributed by atoms with Crippen molar-refractivity contribution in [3.05, 3.63) is 24.3 Å². The van der Waals surface area contributed by atoms with Gasteiger partial charge in [0.1, 0.15) is 11.4 Å². The Morgan fingerprint density at radius 1 is 1.39 bits per heavy atom. The van der Waals surface area contributed by atoms with Crippen molar-refractivity contribution >= 4 is 17.7 Å². The van der Waals surface area contributed by atoms with Crippen molar-refractivity contribution in [3.8, 4) is 11.4 Å². The topological polar surface area (TPSA) is 81.9 Å². The van der Waals surface area contributed by atoms with E-state index in [9.17, 15) is 4.79 Å². The quantitative estimate of drug-likeness (QED) is 0.780. The van der Waals surface area contributed by atoms with E-state index in [1.54, 1.807) is 11.8 Å². The van der Waals surface area contributed by atoms with Crippen LogP contribution in [-0.4, -0.2) is 44.5 Å². The second-order valence-corrected chi connectivity index (χ2v) is 6.56. The van der Waals surface area contributed by atoms with Crippen LogP contribution in [0.4, 0.5) is 0 Å². The first-order valence-corrected chi connectivity index (χ1v) is 8.31. The number of rotatable bonds is 7. The maximum atomic E-state index is 12.0. The van der Waals surface area contributed by atoms with Crippen molar-refractivity contribution in [1.29, 1.82) is 0 Å². The molecule has 0 atom stereocenters. The fourth-order valence-electron chi connectivity index (χ4n) is 1.86. The van der Waals surface area contributed by atoms with Crippen LogP contribution in [0, 0.1) is 0 Å². The normalized spacial score (nSPS) is 11.3. The largest absolute Gasteiger partial charge is 0.494 e. The lowest BCUT2D eigenvalue weighted by atomic mass is 10.0. The number of tetrazole rings is 1. The van der Waals surface area contributed by atoms with E-state index in [0.717, 1.165) is 12.1 Å². The number of nitrogens with zero attached hydrogens (tertiary/aromatic N) is 4. The van der Waals surface area contributed by atoms with Crippen molar-refractivity contribution in [2.45, 2.75) is 37.9 Å². The molecule has 0 aliphatic rings. The third kappa shape index (κ3) is 4.44.